The zero-order chi connectivity index (χ0) is 14.4. The highest BCUT2D eigenvalue weighted by atomic mass is 19.1. The first-order chi connectivity index (χ1) is 9.72. The molecule has 2 rings (SSSR count). The first-order valence-corrected chi connectivity index (χ1v) is 5.96. The molecule has 1 atom stereocenters. The molecule has 0 radical (unpaired) electrons. The Balaban J connectivity index is 2.16. The first kappa shape index (κ1) is 13.9. The number of nitrogens with zero attached hydrogens (tertiary/aromatic N) is 3. The van der Waals surface area contributed by atoms with Crippen LogP contribution in [0.15, 0.2) is 36.7 Å². The fraction of sp³-hybridized carbons (Fsp3) is 0.214. The predicted molar refractivity (Wildman–Crippen MR) is 71.4 cm³/mol. The molecule has 5 nitrogen and oxygen atoms in total. The van der Waals surface area contributed by atoms with E-state index < -0.39 is 0 Å². The molecular weight excluding hydrogens is 259 g/mol. The summed E-state index contributed by atoms with van der Waals surface area (Å²) in [6, 6.07) is 7.88. The third kappa shape index (κ3) is 3.49. The van der Waals surface area contributed by atoms with Crippen LogP contribution in [0.1, 0.15) is 17.2 Å². The smallest absolute Gasteiger partial charge is 0.223 e. The Morgan fingerprint density at radius 1 is 1.30 bits per heavy atom. The summed E-state index contributed by atoms with van der Waals surface area (Å²) in [5, 5.41) is 11.8. The predicted octanol–water partition coefficient (Wildman–Crippen LogP) is 2.29. The van der Waals surface area contributed by atoms with Crippen LogP contribution >= 0.6 is 0 Å². The van der Waals surface area contributed by atoms with Crippen molar-refractivity contribution in [3.8, 4) is 6.07 Å². The van der Waals surface area contributed by atoms with Gasteiger partial charge in [0.15, 0.2) is 0 Å². The number of methoxy groups -OCH3 is 1. The van der Waals surface area contributed by atoms with Crippen LogP contribution in [0.25, 0.3) is 0 Å². The van der Waals surface area contributed by atoms with Gasteiger partial charge in [0.1, 0.15) is 11.9 Å². The lowest BCUT2D eigenvalue weighted by atomic mass is 10.1. The molecular formula is C14H13FN4O. The van der Waals surface area contributed by atoms with E-state index >= 15 is 0 Å². The molecule has 0 aliphatic heterocycles. The van der Waals surface area contributed by atoms with E-state index in [9.17, 15) is 4.39 Å². The Bertz CT molecular complexity index is 592. The van der Waals surface area contributed by atoms with Gasteiger partial charge in [-0.3, -0.25) is 0 Å². The highest BCUT2D eigenvalue weighted by Gasteiger charge is 2.12. The molecule has 0 aliphatic carbocycles. The SMILES string of the molecule is COCC(Nc1ncc(C#N)cn1)c1ccc(F)cc1. The molecule has 0 saturated carbocycles. The maximum Gasteiger partial charge on any atom is 0.223 e. The standard InChI is InChI=1S/C14H13FN4O/c1-20-9-13(11-2-4-12(15)5-3-11)19-14-17-7-10(6-16)8-18-14/h2-5,7-8,13H,9H2,1H3,(H,17,18,19). The Hall–Kier alpha value is -2.52. The van der Waals surface area contributed by atoms with Gasteiger partial charge < -0.3 is 10.1 Å². The summed E-state index contributed by atoms with van der Waals surface area (Å²) < 4.78 is 18.1. The van der Waals surface area contributed by atoms with Crippen molar-refractivity contribution >= 4 is 5.95 Å². The van der Waals surface area contributed by atoms with Crippen LogP contribution in [0, 0.1) is 17.1 Å². The molecule has 0 amide bonds. The highest BCUT2D eigenvalue weighted by Crippen LogP contribution is 2.18. The Morgan fingerprint density at radius 3 is 2.50 bits per heavy atom. The van der Waals surface area contributed by atoms with Crippen molar-refractivity contribution in [2.24, 2.45) is 0 Å². The van der Waals surface area contributed by atoms with Gasteiger partial charge in [-0.1, -0.05) is 12.1 Å². The van der Waals surface area contributed by atoms with Crippen molar-refractivity contribution in [3.05, 3.63) is 53.6 Å². The van der Waals surface area contributed by atoms with Crippen LogP contribution in [0.2, 0.25) is 0 Å². The van der Waals surface area contributed by atoms with Gasteiger partial charge in [-0.2, -0.15) is 5.26 Å². The van der Waals surface area contributed by atoms with Crippen LogP contribution in [0.5, 0.6) is 0 Å². The summed E-state index contributed by atoms with van der Waals surface area (Å²) in [7, 11) is 1.58. The second kappa shape index (κ2) is 6.59. The minimum absolute atomic E-state index is 0.200. The average molecular weight is 272 g/mol. The number of hydrogen-bond donors (Lipinski definition) is 1. The van der Waals surface area contributed by atoms with Crippen LogP contribution < -0.4 is 5.32 Å². The van der Waals surface area contributed by atoms with Crippen molar-refractivity contribution in [3.63, 3.8) is 0 Å². The number of nitrogens with one attached hydrogen (secondary N) is 1. The minimum Gasteiger partial charge on any atom is -0.382 e. The second-order valence-electron chi connectivity index (χ2n) is 4.11. The molecule has 2 aromatic rings. The van der Waals surface area contributed by atoms with Gasteiger partial charge in [0.05, 0.1) is 30.6 Å². The summed E-state index contributed by atoms with van der Waals surface area (Å²) in [6.45, 7) is 0.384. The zero-order valence-electron chi connectivity index (χ0n) is 10.9. The number of halogens is 1. The molecule has 0 aliphatic rings. The van der Waals surface area contributed by atoms with Crippen LogP contribution in [0.4, 0.5) is 10.3 Å². The fourth-order valence-corrected chi connectivity index (χ4v) is 1.70. The number of nitriles is 1. The molecule has 20 heavy (non-hydrogen) atoms. The topological polar surface area (TPSA) is 70.8 Å². The van der Waals surface area contributed by atoms with E-state index in [1.54, 1.807) is 19.2 Å². The third-order valence-corrected chi connectivity index (χ3v) is 2.69. The summed E-state index contributed by atoms with van der Waals surface area (Å²) in [5.74, 6) is 0.0925. The monoisotopic (exact) mass is 272 g/mol. The van der Waals surface area contributed by atoms with Gasteiger partial charge in [-0.15, -0.1) is 0 Å². The van der Waals surface area contributed by atoms with Gasteiger partial charge in [-0.25, -0.2) is 14.4 Å². The maximum atomic E-state index is 12.9. The quantitative estimate of drug-likeness (QED) is 0.904. The number of benzene rings is 1. The van der Waals surface area contributed by atoms with E-state index in [0.29, 0.717) is 18.1 Å². The van der Waals surface area contributed by atoms with Gasteiger partial charge in [0.25, 0.3) is 0 Å². The maximum absolute atomic E-state index is 12.9. The highest BCUT2D eigenvalue weighted by molar-refractivity contribution is 5.34. The summed E-state index contributed by atoms with van der Waals surface area (Å²) in [5.41, 5.74) is 1.25. The molecule has 1 aromatic heterocycles. The van der Waals surface area contributed by atoms with E-state index in [1.165, 1.54) is 24.5 Å². The Labute approximate surface area is 116 Å². The molecule has 1 N–H and O–H groups in total. The number of aromatic nitrogens is 2. The van der Waals surface area contributed by atoms with Crippen LogP contribution in [-0.2, 0) is 4.74 Å². The van der Waals surface area contributed by atoms with Crippen molar-refractivity contribution < 1.29 is 9.13 Å². The van der Waals surface area contributed by atoms with E-state index in [0.717, 1.165) is 5.56 Å². The molecule has 6 heteroatoms. The van der Waals surface area contributed by atoms with Crippen molar-refractivity contribution in [1.29, 1.82) is 5.26 Å². The Morgan fingerprint density at radius 2 is 1.95 bits per heavy atom. The van der Waals surface area contributed by atoms with E-state index in [4.69, 9.17) is 10.00 Å². The lowest BCUT2D eigenvalue weighted by molar-refractivity contribution is 0.186. The van der Waals surface area contributed by atoms with Gasteiger partial charge in [-0.05, 0) is 17.7 Å². The molecule has 102 valence electrons. The number of ether oxygens (including phenoxy) is 1. The fourth-order valence-electron chi connectivity index (χ4n) is 1.70. The molecule has 0 fully saturated rings. The second-order valence-corrected chi connectivity index (χ2v) is 4.11. The first-order valence-electron chi connectivity index (χ1n) is 5.96. The molecule has 1 heterocycles. The van der Waals surface area contributed by atoms with Crippen molar-refractivity contribution in [1.82, 2.24) is 9.97 Å². The molecule has 0 spiro atoms. The molecule has 1 aromatic carbocycles. The third-order valence-electron chi connectivity index (χ3n) is 2.69. The lowest BCUT2D eigenvalue weighted by Crippen LogP contribution is -2.17. The molecule has 1 unspecified atom stereocenters. The van der Waals surface area contributed by atoms with Gasteiger partial charge in [0.2, 0.25) is 5.95 Å². The van der Waals surface area contributed by atoms with Crippen molar-refractivity contribution in [2.75, 3.05) is 19.0 Å². The van der Waals surface area contributed by atoms with Gasteiger partial charge >= 0.3 is 0 Å². The van der Waals surface area contributed by atoms with E-state index in [2.05, 4.69) is 15.3 Å². The van der Waals surface area contributed by atoms with Gasteiger partial charge in [0, 0.05) is 7.11 Å². The zero-order valence-corrected chi connectivity index (χ0v) is 10.9. The minimum atomic E-state index is -0.292. The number of anilines is 1. The molecule has 0 bridgehead atoms. The number of hydrogen-bond acceptors (Lipinski definition) is 5. The Kier molecular flexibility index (Phi) is 4.58. The largest absolute Gasteiger partial charge is 0.382 e. The van der Waals surface area contributed by atoms with Crippen LogP contribution in [0.3, 0.4) is 0 Å². The van der Waals surface area contributed by atoms with Crippen molar-refractivity contribution in [2.45, 2.75) is 6.04 Å². The lowest BCUT2D eigenvalue weighted by Gasteiger charge is -2.18. The molecule has 0 saturated heterocycles. The average Bonchev–Trinajstić information content (AvgIpc) is 2.48. The summed E-state index contributed by atoms with van der Waals surface area (Å²) >= 11 is 0. The normalized spacial score (nSPS) is 11.7. The van der Waals surface area contributed by atoms with E-state index in [1.807, 2.05) is 6.07 Å². The number of rotatable bonds is 5. The summed E-state index contributed by atoms with van der Waals surface area (Å²) in [4.78, 5) is 8.08. The van der Waals surface area contributed by atoms with E-state index in [-0.39, 0.29) is 11.9 Å². The summed E-state index contributed by atoms with van der Waals surface area (Å²) in [6.07, 6.45) is 2.87. The van der Waals surface area contributed by atoms with Crippen LogP contribution in [-0.4, -0.2) is 23.7 Å².